The molecule has 0 unspecified atom stereocenters. The third kappa shape index (κ3) is 3.38. The highest BCUT2D eigenvalue weighted by Crippen LogP contribution is 2.32. The molecule has 0 saturated carbocycles. The van der Waals surface area contributed by atoms with Crippen molar-refractivity contribution in [1.29, 1.82) is 0 Å². The van der Waals surface area contributed by atoms with Crippen molar-refractivity contribution in [2.24, 2.45) is 0 Å². The van der Waals surface area contributed by atoms with Crippen molar-refractivity contribution in [2.45, 2.75) is 6.67 Å². The zero-order valence-corrected chi connectivity index (χ0v) is 16.0. The second kappa shape index (κ2) is 7.85. The number of fused-ring (bicyclic) bond motifs is 1. The number of ether oxygens (including phenoxy) is 2. The largest absolute Gasteiger partial charge is 0.493 e. The van der Waals surface area contributed by atoms with E-state index in [-0.39, 0.29) is 5.56 Å². The van der Waals surface area contributed by atoms with Crippen molar-refractivity contribution in [3.8, 4) is 11.5 Å². The van der Waals surface area contributed by atoms with Crippen molar-refractivity contribution < 1.29 is 9.47 Å². The van der Waals surface area contributed by atoms with Gasteiger partial charge in [0.1, 0.15) is 5.82 Å². The summed E-state index contributed by atoms with van der Waals surface area (Å²) in [5.41, 5.74) is -0.180. The van der Waals surface area contributed by atoms with Crippen LogP contribution in [0.1, 0.15) is 0 Å². The Labute approximate surface area is 162 Å². The minimum atomic E-state index is -0.180. The van der Waals surface area contributed by atoms with Gasteiger partial charge >= 0.3 is 0 Å². The summed E-state index contributed by atoms with van der Waals surface area (Å²) in [4.78, 5) is 21.9. The standard InChI is InChI=1S/C20H23N5O3/c1-27-16-7-6-15-13-22-25(20(26)18(15)19(16)28-2)14-23-9-11-24(12-10-23)17-5-3-4-8-21-17/h3-8,13H,9-12,14H2,1-2H3. The maximum absolute atomic E-state index is 13.1. The lowest BCUT2D eigenvalue weighted by atomic mass is 10.1. The predicted octanol–water partition coefficient (Wildman–Crippen LogP) is 1.59. The second-order valence-corrected chi connectivity index (χ2v) is 6.65. The molecule has 146 valence electrons. The van der Waals surface area contributed by atoms with Crippen LogP contribution in [-0.2, 0) is 6.67 Å². The first-order valence-corrected chi connectivity index (χ1v) is 9.20. The SMILES string of the molecule is COc1ccc2cnn(CN3CCN(c4ccccn4)CC3)c(=O)c2c1OC. The molecule has 3 heterocycles. The first-order valence-electron chi connectivity index (χ1n) is 9.20. The normalized spacial score (nSPS) is 15.0. The van der Waals surface area contributed by atoms with Gasteiger partial charge in [0.05, 0.1) is 32.5 Å². The van der Waals surface area contributed by atoms with Crippen molar-refractivity contribution in [1.82, 2.24) is 19.7 Å². The van der Waals surface area contributed by atoms with Gasteiger partial charge in [-0.05, 0) is 24.3 Å². The topological polar surface area (TPSA) is 72.7 Å². The van der Waals surface area contributed by atoms with Crippen LogP contribution in [0.15, 0.2) is 47.5 Å². The number of aromatic nitrogens is 3. The van der Waals surface area contributed by atoms with Crippen LogP contribution in [0.25, 0.3) is 10.8 Å². The van der Waals surface area contributed by atoms with Gasteiger partial charge in [-0.1, -0.05) is 6.07 Å². The quantitative estimate of drug-likeness (QED) is 0.664. The molecule has 8 nitrogen and oxygen atoms in total. The van der Waals surface area contributed by atoms with Crippen molar-refractivity contribution >= 4 is 16.6 Å². The van der Waals surface area contributed by atoms with E-state index in [0.717, 1.165) is 37.4 Å². The molecule has 0 N–H and O–H groups in total. The molecule has 1 saturated heterocycles. The zero-order valence-electron chi connectivity index (χ0n) is 16.0. The molecule has 0 spiro atoms. The van der Waals surface area contributed by atoms with Gasteiger partial charge in [0.25, 0.3) is 5.56 Å². The highest BCUT2D eigenvalue weighted by molar-refractivity contribution is 5.89. The van der Waals surface area contributed by atoms with Gasteiger partial charge in [0.15, 0.2) is 11.5 Å². The molecule has 1 fully saturated rings. The van der Waals surface area contributed by atoms with Crippen LogP contribution in [0.4, 0.5) is 5.82 Å². The van der Waals surface area contributed by atoms with E-state index in [1.165, 1.54) is 4.68 Å². The fraction of sp³-hybridized carbons (Fsp3) is 0.350. The van der Waals surface area contributed by atoms with E-state index in [0.29, 0.717) is 23.6 Å². The van der Waals surface area contributed by atoms with E-state index in [9.17, 15) is 4.79 Å². The van der Waals surface area contributed by atoms with E-state index in [4.69, 9.17) is 9.47 Å². The van der Waals surface area contributed by atoms with E-state index in [2.05, 4.69) is 19.9 Å². The minimum absolute atomic E-state index is 0.180. The Balaban J connectivity index is 1.54. The van der Waals surface area contributed by atoms with E-state index >= 15 is 0 Å². The molecule has 1 aromatic carbocycles. The molecule has 28 heavy (non-hydrogen) atoms. The molecule has 1 aliphatic rings. The minimum Gasteiger partial charge on any atom is -0.493 e. The summed E-state index contributed by atoms with van der Waals surface area (Å²) in [6, 6.07) is 9.53. The molecule has 0 amide bonds. The number of hydrogen-bond donors (Lipinski definition) is 0. The van der Waals surface area contributed by atoms with Gasteiger partial charge in [-0.25, -0.2) is 9.67 Å². The molecule has 0 bridgehead atoms. The number of hydrogen-bond acceptors (Lipinski definition) is 7. The number of methoxy groups -OCH3 is 2. The van der Waals surface area contributed by atoms with E-state index < -0.39 is 0 Å². The molecule has 8 heteroatoms. The van der Waals surface area contributed by atoms with Crippen molar-refractivity contribution in [2.75, 3.05) is 45.3 Å². The third-order valence-corrected chi connectivity index (χ3v) is 5.04. The van der Waals surface area contributed by atoms with Gasteiger partial charge in [-0.2, -0.15) is 5.10 Å². The molecule has 0 aliphatic carbocycles. The fourth-order valence-electron chi connectivity index (χ4n) is 3.53. The van der Waals surface area contributed by atoms with Crippen LogP contribution >= 0.6 is 0 Å². The molecule has 0 atom stereocenters. The zero-order chi connectivity index (χ0) is 19.5. The Morgan fingerprint density at radius 3 is 2.54 bits per heavy atom. The summed E-state index contributed by atoms with van der Waals surface area (Å²) in [5.74, 6) is 1.97. The monoisotopic (exact) mass is 381 g/mol. The van der Waals surface area contributed by atoms with Gasteiger partial charge in [-0.3, -0.25) is 9.69 Å². The first-order chi connectivity index (χ1) is 13.7. The number of piperazine rings is 1. The highest BCUT2D eigenvalue weighted by atomic mass is 16.5. The molecule has 0 radical (unpaired) electrons. The lowest BCUT2D eigenvalue weighted by Gasteiger charge is -2.35. The second-order valence-electron chi connectivity index (χ2n) is 6.65. The Morgan fingerprint density at radius 1 is 1.04 bits per heavy atom. The van der Waals surface area contributed by atoms with Crippen molar-refractivity contribution in [3.63, 3.8) is 0 Å². The lowest BCUT2D eigenvalue weighted by Crippen LogP contribution is -2.48. The number of pyridine rings is 1. The van der Waals surface area contributed by atoms with Crippen LogP contribution in [0, 0.1) is 0 Å². The molecule has 3 aromatic rings. The summed E-state index contributed by atoms with van der Waals surface area (Å²) >= 11 is 0. The number of rotatable bonds is 5. The Morgan fingerprint density at radius 2 is 1.86 bits per heavy atom. The predicted molar refractivity (Wildman–Crippen MR) is 107 cm³/mol. The Hall–Kier alpha value is -3.13. The number of nitrogens with zero attached hydrogens (tertiary/aromatic N) is 5. The third-order valence-electron chi connectivity index (χ3n) is 5.04. The lowest BCUT2D eigenvalue weighted by molar-refractivity contribution is 0.191. The summed E-state index contributed by atoms with van der Waals surface area (Å²) in [7, 11) is 3.10. The summed E-state index contributed by atoms with van der Waals surface area (Å²) in [6.07, 6.45) is 3.50. The molecular formula is C20H23N5O3. The molecular weight excluding hydrogens is 358 g/mol. The van der Waals surface area contributed by atoms with Gasteiger partial charge in [0.2, 0.25) is 0 Å². The summed E-state index contributed by atoms with van der Waals surface area (Å²) < 4.78 is 12.3. The first kappa shape index (κ1) is 18.2. The van der Waals surface area contributed by atoms with E-state index in [1.807, 2.05) is 30.5 Å². The molecule has 1 aliphatic heterocycles. The maximum atomic E-state index is 13.1. The van der Waals surface area contributed by atoms with Gasteiger partial charge in [-0.15, -0.1) is 0 Å². The maximum Gasteiger partial charge on any atom is 0.279 e. The van der Waals surface area contributed by atoms with Crippen LogP contribution in [0.2, 0.25) is 0 Å². The molecule has 4 rings (SSSR count). The van der Waals surface area contributed by atoms with Crippen LogP contribution < -0.4 is 19.9 Å². The molecule has 2 aromatic heterocycles. The fourth-order valence-corrected chi connectivity index (χ4v) is 3.53. The highest BCUT2D eigenvalue weighted by Gasteiger charge is 2.20. The summed E-state index contributed by atoms with van der Waals surface area (Å²) in [6.45, 7) is 3.81. The van der Waals surface area contributed by atoms with E-state index in [1.54, 1.807) is 26.5 Å². The van der Waals surface area contributed by atoms with Gasteiger partial charge < -0.3 is 14.4 Å². The average Bonchev–Trinajstić information content (AvgIpc) is 2.76. The van der Waals surface area contributed by atoms with Gasteiger partial charge in [0, 0.05) is 37.8 Å². The number of anilines is 1. The average molecular weight is 381 g/mol. The number of benzene rings is 1. The van der Waals surface area contributed by atoms with Crippen LogP contribution in [-0.4, -0.2) is 60.1 Å². The Bertz CT molecular complexity index is 1010. The smallest absolute Gasteiger partial charge is 0.279 e. The van der Waals surface area contributed by atoms with Crippen LogP contribution in [0.3, 0.4) is 0 Å². The van der Waals surface area contributed by atoms with Crippen LogP contribution in [0.5, 0.6) is 11.5 Å². The Kier molecular flexibility index (Phi) is 5.12. The van der Waals surface area contributed by atoms with Crippen molar-refractivity contribution in [3.05, 3.63) is 53.1 Å². The summed E-state index contributed by atoms with van der Waals surface area (Å²) in [5, 5.41) is 5.57.